The van der Waals surface area contributed by atoms with E-state index >= 15 is 0 Å². The number of carbonyl (C=O) groups excluding carboxylic acids is 2. The van der Waals surface area contributed by atoms with Gasteiger partial charge in [-0.05, 0) is 64.2 Å². The van der Waals surface area contributed by atoms with Crippen LogP contribution in [0.4, 0.5) is 0 Å². The first-order valence-electron chi connectivity index (χ1n) is 23.4. The number of aliphatic carboxylic acids is 1. The third kappa shape index (κ3) is 40.7. The molecule has 340 valence electrons. The fourth-order valence-corrected chi connectivity index (χ4v) is 7.31. The van der Waals surface area contributed by atoms with E-state index in [1.165, 1.54) is 122 Å². The summed E-state index contributed by atoms with van der Waals surface area (Å²) < 4.78 is 26.8. The molecule has 0 bridgehead atoms. The number of phosphoric ester groups is 1. The lowest BCUT2D eigenvalue weighted by Gasteiger charge is -2.18. The number of phosphoric acid groups is 1. The number of hydrogen-bond acceptors (Lipinski definition) is 8. The summed E-state index contributed by atoms with van der Waals surface area (Å²) >= 11 is 0. The van der Waals surface area contributed by atoms with Crippen molar-refractivity contribution in [2.75, 3.05) is 19.8 Å². The van der Waals surface area contributed by atoms with Crippen LogP contribution >= 0.6 is 7.82 Å². The summed E-state index contributed by atoms with van der Waals surface area (Å²) in [5.41, 5.74) is 0. The maximum Gasteiger partial charge on any atom is 0.472 e. The number of rotatable bonds is 44. The van der Waals surface area contributed by atoms with E-state index in [4.69, 9.17) is 13.8 Å². The maximum atomic E-state index is 12.3. The van der Waals surface area contributed by atoms with Crippen LogP contribution in [0, 0.1) is 0 Å². The number of hydrogen-bond donors (Lipinski definition) is 4. The standard InChI is InChI=1S/C46H86NO10P/c1-3-5-7-9-11-13-15-17-18-19-20-21-22-23-24-26-27-29-31-33-35-37-44(49)47-43(46(51)52)41-57-58(53,54)56-40-42(48)39-55-45(50)38-36-34-32-30-28-25-16-14-12-10-8-6-4-2/h14,16-18,42-43,48H,3-13,15,19-41H2,1-2H3,(H,47,49)(H,51,52)(H,53,54)/b16-14-,18-17+. The molecule has 58 heavy (non-hydrogen) atoms. The summed E-state index contributed by atoms with van der Waals surface area (Å²) in [6.45, 7) is 2.58. The van der Waals surface area contributed by atoms with Gasteiger partial charge >= 0.3 is 19.8 Å². The molecule has 0 saturated heterocycles. The van der Waals surface area contributed by atoms with Crippen LogP contribution in [0.1, 0.15) is 219 Å². The fraction of sp³-hybridized carbons (Fsp3) is 0.848. The number of carboxylic acids is 1. The first kappa shape index (κ1) is 56.0. The van der Waals surface area contributed by atoms with Crippen molar-refractivity contribution in [1.29, 1.82) is 0 Å². The fourth-order valence-electron chi connectivity index (χ4n) is 6.54. The van der Waals surface area contributed by atoms with Gasteiger partial charge < -0.3 is 25.2 Å². The summed E-state index contributed by atoms with van der Waals surface area (Å²) in [5, 5.41) is 21.8. The Hall–Kier alpha value is -2.04. The number of carboxylic acid groups (broad SMARTS) is 1. The molecule has 0 fully saturated rings. The Morgan fingerprint density at radius 2 is 0.897 bits per heavy atom. The van der Waals surface area contributed by atoms with Crippen molar-refractivity contribution in [3.05, 3.63) is 24.3 Å². The lowest BCUT2D eigenvalue weighted by molar-refractivity contribution is -0.147. The molecule has 0 radical (unpaired) electrons. The predicted molar refractivity (Wildman–Crippen MR) is 236 cm³/mol. The Labute approximate surface area is 353 Å². The van der Waals surface area contributed by atoms with Gasteiger partial charge in [0, 0.05) is 12.8 Å². The third-order valence-electron chi connectivity index (χ3n) is 10.2. The lowest BCUT2D eigenvalue weighted by atomic mass is 10.0. The zero-order chi connectivity index (χ0) is 42.8. The first-order valence-corrected chi connectivity index (χ1v) is 24.9. The van der Waals surface area contributed by atoms with Crippen LogP contribution in [0.3, 0.4) is 0 Å². The van der Waals surface area contributed by atoms with E-state index in [9.17, 15) is 34.1 Å². The number of allylic oxidation sites excluding steroid dienone is 4. The molecule has 3 unspecified atom stereocenters. The molecule has 0 aliphatic carbocycles. The van der Waals surface area contributed by atoms with E-state index in [-0.39, 0.29) is 12.8 Å². The first-order chi connectivity index (χ1) is 28.1. The molecule has 0 heterocycles. The van der Waals surface area contributed by atoms with Crippen molar-refractivity contribution in [1.82, 2.24) is 5.32 Å². The second-order valence-corrected chi connectivity index (χ2v) is 17.4. The molecule has 0 rings (SSSR count). The predicted octanol–water partition coefficient (Wildman–Crippen LogP) is 12.2. The highest BCUT2D eigenvalue weighted by Crippen LogP contribution is 2.43. The Morgan fingerprint density at radius 3 is 1.33 bits per heavy atom. The molecule has 0 aliphatic rings. The molecule has 4 N–H and O–H groups in total. The number of aliphatic hydroxyl groups is 1. The van der Waals surface area contributed by atoms with Gasteiger partial charge in [-0.1, -0.05) is 167 Å². The number of esters is 1. The average Bonchev–Trinajstić information content (AvgIpc) is 3.20. The quantitative estimate of drug-likeness (QED) is 0.0200. The maximum absolute atomic E-state index is 12.3. The molecule has 0 aliphatic heterocycles. The highest BCUT2D eigenvalue weighted by Gasteiger charge is 2.28. The summed E-state index contributed by atoms with van der Waals surface area (Å²) in [6.07, 6.45) is 43.4. The topological polar surface area (TPSA) is 169 Å². The van der Waals surface area contributed by atoms with Gasteiger partial charge in [0.15, 0.2) is 6.04 Å². The zero-order valence-electron chi connectivity index (χ0n) is 36.9. The van der Waals surface area contributed by atoms with Crippen LogP contribution in [0.2, 0.25) is 0 Å². The van der Waals surface area contributed by atoms with Crippen molar-refractivity contribution in [3.63, 3.8) is 0 Å². The van der Waals surface area contributed by atoms with E-state index in [0.29, 0.717) is 12.8 Å². The van der Waals surface area contributed by atoms with Gasteiger partial charge in [0.1, 0.15) is 12.7 Å². The van der Waals surface area contributed by atoms with Gasteiger partial charge in [0.25, 0.3) is 0 Å². The number of nitrogens with one attached hydrogen (secondary N) is 1. The summed E-state index contributed by atoms with van der Waals surface area (Å²) in [6, 6.07) is -1.55. The Balaban J connectivity index is 3.86. The summed E-state index contributed by atoms with van der Waals surface area (Å²) in [4.78, 5) is 45.9. The highest BCUT2D eigenvalue weighted by atomic mass is 31.2. The number of amides is 1. The molecular weight excluding hydrogens is 757 g/mol. The van der Waals surface area contributed by atoms with Crippen LogP contribution in [0.25, 0.3) is 0 Å². The van der Waals surface area contributed by atoms with Crippen molar-refractivity contribution in [3.8, 4) is 0 Å². The van der Waals surface area contributed by atoms with E-state index < -0.39 is 57.6 Å². The minimum absolute atomic E-state index is 0.146. The number of carbonyl (C=O) groups is 3. The van der Waals surface area contributed by atoms with Gasteiger partial charge in [0.05, 0.1) is 13.2 Å². The second-order valence-electron chi connectivity index (χ2n) is 15.9. The van der Waals surface area contributed by atoms with E-state index in [1.54, 1.807) is 0 Å². The van der Waals surface area contributed by atoms with Crippen molar-refractivity contribution in [2.24, 2.45) is 0 Å². The Bertz CT molecular complexity index is 1080. The van der Waals surface area contributed by atoms with Crippen LogP contribution < -0.4 is 5.32 Å². The number of aliphatic hydroxyl groups excluding tert-OH is 1. The molecular formula is C46H86NO10P. The largest absolute Gasteiger partial charge is 0.480 e. The molecule has 0 aromatic heterocycles. The molecule has 3 atom stereocenters. The minimum Gasteiger partial charge on any atom is -0.480 e. The summed E-state index contributed by atoms with van der Waals surface area (Å²) in [5.74, 6) is -2.37. The van der Waals surface area contributed by atoms with Crippen LogP contribution in [-0.2, 0) is 32.7 Å². The number of ether oxygens (including phenoxy) is 1. The molecule has 0 saturated carbocycles. The smallest absolute Gasteiger partial charge is 0.472 e. The molecule has 0 spiro atoms. The monoisotopic (exact) mass is 844 g/mol. The SMILES string of the molecule is CCCCCC/C=C\CCCCCCCC(=O)OCC(O)COP(=O)(O)OCC(NC(=O)CCCCCCCCCCCCC/C=C/CCCCCCCC)C(=O)O. The average molecular weight is 844 g/mol. The molecule has 11 nitrogen and oxygen atoms in total. The van der Waals surface area contributed by atoms with Crippen molar-refractivity contribution >= 4 is 25.7 Å². The van der Waals surface area contributed by atoms with E-state index in [2.05, 4.69) is 43.5 Å². The van der Waals surface area contributed by atoms with Crippen LogP contribution in [0.15, 0.2) is 24.3 Å². The van der Waals surface area contributed by atoms with E-state index in [1.807, 2.05) is 0 Å². The molecule has 0 aromatic carbocycles. The third-order valence-corrected chi connectivity index (χ3v) is 11.2. The van der Waals surface area contributed by atoms with Crippen LogP contribution in [0.5, 0.6) is 0 Å². The second kappa shape index (κ2) is 41.7. The minimum atomic E-state index is -4.76. The Morgan fingerprint density at radius 1 is 0.534 bits per heavy atom. The normalized spacial score (nSPS) is 13.9. The molecule has 1 amide bonds. The van der Waals surface area contributed by atoms with Gasteiger partial charge in [-0.15, -0.1) is 0 Å². The number of unbranched alkanes of at least 4 members (excludes halogenated alkanes) is 26. The van der Waals surface area contributed by atoms with Gasteiger partial charge in [0.2, 0.25) is 5.91 Å². The summed E-state index contributed by atoms with van der Waals surface area (Å²) in [7, 11) is -4.76. The van der Waals surface area contributed by atoms with Gasteiger partial charge in [-0.2, -0.15) is 0 Å². The van der Waals surface area contributed by atoms with Crippen LogP contribution in [-0.4, -0.2) is 64.9 Å². The van der Waals surface area contributed by atoms with Gasteiger partial charge in [-0.3, -0.25) is 18.6 Å². The highest BCUT2D eigenvalue weighted by molar-refractivity contribution is 7.47. The zero-order valence-corrected chi connectivity index (χ0v) is 37.8. The van der Waals surface area contributed by atoms with Gasteiger partial charge in [-0.25, -0.2) is 9.36 Å². The van der Waals surface area contributed by atoms with Crippen molar-refractivity contribution in [2.45, 2.75) is 231 Å². The van der Waals surface area contributed by atoms with E-state index in [0.717, 1.165) is 57.8 Å². The molecule has 12 heteroatoms. The molecule has 0 aromatic rings. The lowest BCUT2D eigenvalue weighted by Crippen LogP contribution is -2.43. The Kier molecular flexibility index (Phi) is 40.2. The van der Waals surface area contributed by atoms with Crippen molar-refractivity contribution < 1.29 is 47.8 Å².